The van der Waals surface area contributed by atoms with Gasteiger partial charge in [0.1, 0.15) is 11.4 Å². The van der Waals surface area contributed by atoms with E-state index in [1.807, 2.05) is 37.3 Å². The van der Waals surface area contributed by atoms with Crippen LogP contribution in [-0.4, -0.2) is 58.5 Å². The van der Waals surface area contributed by atoms with E-state index in [1.54, 1.807) is 0 Å². The molecule has 0 amide bonds. The van der Waals surface area contributed by atoms with Gasteiger partial charge in [-0.15, -0.1) is 10.2 Å². The molecule has 0 bridgehead atoms. The summed E-state index contributed by atoms with van der Waals surface area (Å²) < 4.78 is 0. The summed E-state index contributed by atoms with van der Waals surface area (Å²) in [6.07, 6.45) is 4.03. The molecule has 3 aromatic rings. The Labute approximate surface area is 165 Å². The van der Waals surface area contributed by atoms with Gasteiger partial charge in [0.25, 0.3) is 0 Å². The lowest BCUT2D eigenvalue weighted by Crippen LogP contribution is -2.44. The number of likely N-dealkylation sites (N-methyl/N-ethyl adjacent to an activating group) is 1. The van der Waals surface area contributed by atoms with Crippen molar-refractivity contribution in [3.05, 3.63) is 65.5 Å². The van der Waals surface area contributed by atoms with Crippen LogP contribution in [0, 0.1) is 6.92 Å². The highest BCUT2D eigenvalue weighted by Crippen LogP contribution is 2.18. The van der Waals surface area contributed by atoms with E-state index < -0.39 is 0 Å². The van der Waals surface area contributed by atoms with Crippen LogP contribution >= 0.6 is 0 Å². The van der Waals surface area contributed by atoms with Crippen LogP contribution in [0.3, 0.4) is 0 Å². The largest absolute Gasteiger partial charge is 0.369 e. The van der Waals surface area contributed by atoms with Crippen molar-refractivity contribution in [2.24, 2.45) is 0 Å². The number of aryl methyl sites for hydroxylation is 1. The molecule has 6 heteroatoms. The fourth-order valence-electron chi connectivity index (χ4n) is 3.15. The van der Waals surface area contributed by atoms with E-state index in [-0.39, 0.29) is 0 Å². The summed E-state index contributed by atoms with van der Waals surface area (Å²) in [6, 6.07) is 16.4. The zero-order valence-corrected chi connectivity index (χ0v) is 16.3. The van der Waals surface area contributed by atoms with Crippen LogP contribution in [0.2, 0.25) is 0 Å². The van der Waals surface area contributed by atoms with Crippen LogP contribution in [0.15, 0.2) is 48.5 Å². The van der Waals surface area contributed by atoms with E-state index in [4.69, 9.17) is 0 Å². The maximum Gasteiger partial charge on any atom is 0.113 e. The molecule has 28 heavy (non-hydrogen) atoms. The molecule has 1 aliphatic rings. The van der Waals surface area contributed by atoms with Gasteiger partial charge in [-0.2, -0.15) is 10.2 Å². The third-order valence-electron chi connectivity index (χ3n) is 4.95. The van der Waals surface area contributed by atoms with Crippen LogP contribution in [0.1, 0.15) is 17.0 Å². The Kier molecular flexibility index (Phi) is 5.39. The maximum atomic E-state index is 4.27. The van der Waals surface area contributed by atoms with Crippen LogP contribution in [-0.2, 0) is 0 Å². The fourth-order valence-corrected chi connectivity index (χ4v) is 3.15. The monoisotopic (exact) mass is 372 g/mol. The highest BCUT2D eigenvalue weighted by atomic mass is 15.2. The molecule has 1 aliphatic heterocycles. The minimum Gasteiger partial charge on any atom is -0.369 e. The molecule has 0 unspecified atom stereocenters. The number of nitrogens with zero attached hydrogens (tertiary/aromatic N) is 6. The van der Waals surface area contributed by atoms with Crippen LogP contribution in [0.25, 0.3) is 23.5 Å². The second kappa shape index (κ2) is 8.27. The van der Waals surface area contributed by atoms with Crippen molar-refractivity contribution in [3.8, 4) is 11.4 Å². The SMILES string of the molecule is Cc1ccc(-c2ccc(/C=C/c3ccc(N4CCN(C)CC4)cc3)nn2)nn1. The lowest BCUT2D eigenvalue weighted by molar-refractivity contribution is 0.313. The molecule has 0 N–H and O–H groups in total. The predicted molar refractivity (Wildman–Crippen MR) is 113 cm³/mol. The molecular formula is C22H24N6. The minimum atomic E-state index is 0.723. The molecule has 0 radical (unpaired) electrons. The van der Waals surface area contributed by atoms with Gasteiger partial charge in [0.05, 0.1) is 11.4 Å². The summed E-state index contributed by atoms with van der Waals surface area (Å²) in [5, 5.41) is 16.7. The average molecular weight is 372 g/mol. The smallest absolute Gasteiger partial charge is 0.113 e. The van der Waals surface area contributed by atoms with Crippen molar-refractivity contribution < 1.29 is 0 Å². The third kappa shape index (κ3) is 4.40. The average Bonchev–Trinajstić information content (AvgIpc) is 2.74. The Bertz CT molecular complexity index is 924. The van der Waals surface area contributed by atoms with Gasteiger partial charge in [-0.25, -0.2) is 0 Å². The van der Waals surface area contributed by atoms with Crippen molar-refractivity contribution in [2.75, 3.05) is 38.1 Å². The second-order valence-corrected chi connectivity index (χ2v) is 7.12. The molecule has 2 aromatic heterocycles. The second-order valence-electron chi connectivity index (χ2n) is 7.12. The quantitative estimate of drug-likeness (QED) is 0.701. The molecule has 1 saturated heterocycles. The number of aromatic nitrogens is 4. The van der Waals surface area contributed by atoms with Crippen molar-refractivity contribution in [1.29, 1.82) is 0 Å². The minimum absolute atomic E-state index is 0.723. The first-order valence-electron chi connectivity index (χ1n) is 9.53. The van der Waals surface area contributed by atoms with E-state index in [0.29, 0.717) is 0 Å². The number of benzene rings is 1. The first-order chi connectivity index (χ1) is 13.7. The Morgan fingerprint density at radius 2 is 1.39 bits per heavy atom. The van der Waals surface area contributed by atoms with Gasteiger partial charge in [0.15, 0.2) is 0 Å². The molecule has 0 saturated carbocycles. The van der Waals surface area contributed by atoms with Crippen LogP contribution < -0.4 is 4.90 Å². The number of anilines is 1. The van der Waals surface area contributed by atoms with Gasteiger partial charge in [0.2, 0.25) is 0 Å². The Hall–Kier alpha value is -3.12. The van der Waals surface area contributed by atoms with Gasteiger partial charge < -0.3 is 9.80 Å². The van der Waals surface area contributed by atoms with E-state index in [1.165, 1.54) is 5.69 Å². The highest BCUT2D eigenvalue weighted by molar-refractivity contribution is 5.69. The van der Waals surface area contributed by atoms with Crippen LogP contribution in [0.5, 0.6) is 0 Å². The normalized spacial score (nSPS) is 15.3. The molecule has 4 rings (SSSR count). The van der Waals surface area contributed by atoms with Crippen molar-refractivity contribution >= 4 is 17.8 Å². The van der Waals surface area contributed by atoms with Gasteiger partial charge >= 0.3 is 0 Å². The summed E-state index contributed by atoms with van der Waals surface area (Å²) in [6.45, 7) is 6.31. The zero-order chi connectivity index (χ0) is 19.3. The molecule has 6 nitrogen and oxygen atoms in total. The molecule has 1 aromatic carbocycles. The Morgan fingerprint density at radius 3 is 2.00 bits per heavy atom. The van der Waals surface area contributed by atoms with Gasteiger partial charge in [0, 0.05) is 31.9 Å². The molecule has 1 fully saturated rings. The third-order valence-corrected chi connectivity index (χ3v) is 4.95. The van der Waals surface area contributed by atoms with E-state index in [2.05, 4.69) is 67.6 Å². The summed E-state index contributed by atoms with van der Waals surface area (Å²) in [7, 11) is 2.18. The molecular weight excluding hydrogens is 348 g/mol. The number of hydrogen-bond acceptors (Lipinski definition) is 6. The molecule has 142 valence electrons. The van der Waals surface area contributed by atoms with Crippen LogP contribution in [0.4, 0.5) is 5.69 Å². The first kappa shape index (κ1) is 18.3. The van der Waals surface area contributed by atoms with Crippen molar-refractivity contribution in [1.82, 2.24) is 25.3 Å². The van der Waals surface area contributed by atoms with Gasteiger partial charge in [-0.3, -0.25) is 0 Å². The lowest BCUT2D eigenvalue weighted by atomic mass is 10.1. The van der Waals surface area contributed by atoms with E-state index >= 15 is 0 Å². The number of hydrogen-bond donors (Lipinski definition) is 0. The van der Waals surface area contributed by atoms with Gasteiger partial charge in [-0.1, -0.05) is 18.2 Å². The Balaban J connectivity index is 1.40. The molecule has 0 spiro atoms. The first-order valence-corrected chi connectivity index (χ1v) is 9.53. The lowest BCUT2D eigenvalue weighted by Gasteiger charge is -2.34. The molecule has 0 aliphatic carbocycles. The number of piperazine rings is 1. The summed E-state index contributed by atoms with van der Waals surface area (Å²) in [5.41, 5.74) is 5.58. The van der Waals surface area contributed by atoms with E-state index in [9.17, 15) is 0 Å². The molecule has 3 heterocycles. The summed E-state index contributed by atoms with van der Waals surface area (Å²) in [5.74, 6) is 0. The van der Waals surface area contributed by atoms with Gasteiger partial charge in [-0.05, 0) is 62.0 Å². The topological polar surface area (TPSA) is 58.0 Å². The number of rotatable bonds is 4. The summed E-state index contributed by atoms with van der Waals surface area (Å²) >= 11 is 0. The van der Waals surface area contributed by atoms with Crippen molar-refractivity contribution in [2.45, 2.75) is 6.92 Å². The Morgan fingerprint density at radius 1 is 0.714 bits per heavy atom. The van der Waals surface area contributed by atoms with Crippen molar-refractivity contribution in [3.63, 3.8) is 0 Å². The fraction of sp³-hybridized carbons (Fsp3) is 0.273. The molecule has 0 atom stereocenters. The zero-order valence-electron chi connectivity index (χ0n) is 16.3. The summed E-state index contributed by atoms with van der Waals surface area (Å²) in [4.78, 5) is 4.80. The maximum absolute atomic E-state index is 4.27. The van der Waals surface area contributed by atoms with E-state index in [0.717, 1.165) is 54.5 Å². The highest BCUT2D eigenvalue weighted by Gasteiger charge is 2.13. The predicted octanol–water partition coefficient (Wildman–Crippen LogP) is 3.16. The standard InChI is InChI=1S/C22H24N6/c1-17-3-11-21(25-23-17)22-12-8-19(24-26-22)7-4-18-5-9-20(10-6-18)28-15-13-27(2)14-16-28/h3-12H,13-16H2,1-2H3/b7-4+.